The summed E-state index contributed by atoms with van der Waals surface area (Å²) in [5.41, 5.74) is 3.95. The number of nitriles is 1. The first kappa shape index (κ1) is 13.7. The average Bonchev–Trinajstić information content (AvgIpc) is 2.76. The molecule has 1 aliphatic rings. The van der Waals surface area contributed by atoms with Crippen LogP contribution < -0.4 is 4.90 Å². The lowest BCUT2D eigenvalue weighted by Gasteiger charge is -2.33. The molecule has 0 saturated heterocycles. The maximum Gasteiger partial charge on any atom is 0.0672 e. The molecule has 2 nitrogen and oxygen atoms in total. The minimum atomic E-state index is 0.149. The van der Waals surface area contributed by atoms with E-state index in [9.17, 15) is 5.26 Å². The first-order valence-corrected chi connectivity index (χ1v) is 7.66. The van der Waals surface area contributed by atoms with Gasteiger partial charge in [-0.1, -0.05) is 48.5 Å². The summed E-state index contributed by atoms with van der Waals surface area (Å²) >= 11 is 0. The lowest BCUT2D eigenvalue weighted by molar-refractivity contribution is 0.613. The Labute approximate surface area is 126 Å². The maximum atomic E-state index is 9.27. The Hall–Kier alpha value is -2.27. The Kier molecular flexibility index (Phi) is 4.21. The van der Waals surface area contributed by atoms with Crippen molar-refractivity contribution >= 4 is 5.69 Å². The van der Waals surface area contributed by atoms with Crippen molar-refractivity contribution in [3.63, 3.8) is 0 Å². The number of anilines is 1. The molecule has 0 aromatic heterocycles. The van der Waals surface area contributed by atoms with E-state index >= 15 is 0 Å². The summed E-state index contributed by atoms with van der Waals surface area (Å²) < 4.78 is 0. The summed E-state index contributed by atoms with van der Waals surface area (Å²) in [4.78, 5) is 2.43. The Morgan fingerprint density at radius 1 is 1.00 bits per heavy atom. The highest BCUT2D eigenvalue weighted by Gasteiger charge is 2.23. The van der Waals surface area contributed by atoms with Gasteiger partial charge in [-0.25, -0.2) is 0 Å². The third-order valence-electron chi connectivity index (χ3n) is 4.24. The second-order valence-corrected chi connectivity index (χ2v) is 5.57. The van der Waals surface area contributed by atoms with Gasteiger partial charge in [-0.15, -0.1) is 0 Å². The van der Waals surface area contributed by atoms with E-state index in [1.165, 1.54) is 29.7 Å². The van der Waals surface area contributed by atoms with Gasteiger partial charge in [0.25, 0.3) is 0 Å². The predicted octanol–water partition coefficient (Wildman–Crippen LogP) is 4.48. The van der Waals surface area contributed by atoms with Gasteiger partial charge in [-0.2, -0.15) is 5.26 Å². The fourth-order valence-electron chi connectivity index (χ4n) is 3.21. The molecule has 1 unspecified atom stereocenters. The first-order chi connectivity index (χ1) is 10.4. The van der Waals surface area contributed by atoms with Crippen molar-refractivity contribution < 1.29 is 0 Å². The van der Waals surface area contributed by atoms with Gasteiger partial charge in [0.1, 0.15) is 0 Å². The summed E-state index contributed by atoms with van der Waals surface area (Å²) in [5.74, 6) is 0. The van der Waals surface area contributed by atoms with Crippen LogP contribution in [0.2, 0.25) is 0 Å². The van der Waals surface area contributed by atoms with E-state index in [4.69, 9.17) is 0 Å². The molecule has 0 amide bonds. The van der Waals surface area contributed by atoms with Crippen LogP contribution in [0.15, 0.2) is 54.6 Å². The van der Waals surface area contributed by atoms with Crippen molar-refractivity contribution in [1.29, 1.82) is 5.26 Å². The number of hydrogen-bond acceptors (Lipinski definition) is 2. The van der Waals surface area contributed by atoms with E-state index < -0.39 is 0 Å². The molecular weight excluding hydrogens is 256 g/mol. The van der Waals surface area contributed by atoms with Crippen molar-refractivity contribution in [3.05, 3.63) is 65.7 Å². The standard InChI is InChI=1S/C19H20N2/c20-14-13-19(17-8-2-1-3-9-17)21-15-7-6-11-16-10-4-5-12-18(16)21/h1-5,8-10,12,19H,6-7,11,13,15H2. The van der Waals surface area contributed by atoms with Gasteiger partial charge in [0.15, 0.2) is 0 Å². The zero-order chi connectivity index (χ0) is 14.5. The highest BCUT2D eigenvalue weighted by atomic mass is 15.2. The number of nitrogens with zero attached hydrogens (tertiary/aromatic N) is 2. The highest BCUT2D eigenvalue weighted by Crippen LogP contribution is 2.34. The quantitative estimate of drug-likeness (QED) is 0.826. The molecule has 0 N–H and O–H groups in total. The van der Waals surface area contributed by atoms with Crippen LogP contribution in [-0.2, 0) is 6.42 Å². The smallest absolute Gasteiger partial charge is 0.0672 e. The van der Waals surface area contributed by atoms with E-state index in [0.29, 0.717) is 6.42 Å². The van der Waals surface area contributed by atoms with Gasteiger partial charge in [-0.3, -0.25) is 0 Å². The molecule has 2 heteroatoms. The monoisotopic (exact) mass is 276 g/mol. The third-order valence-corrected chi connectivity index (χ3v) is 4.24. The molecule has 0 fully saturated rings. The van der Waals surface area contributed by atoms with Gasteiger partial charge in [-0.05, 0) is 36.5 Å². The second kappa shape index (κ2) is 6.45. The van der Waals surface area contributed by atoms with Crippen LogP contribution in [-0.4, -0.2) is 6.54 Å². The van der Waals surface area contributed by atoms with E-state index in [2.05, 4.69) is 59.5 Å². The van der Waals surface area contributed by atoms with Gasteiger partial charge in [0.2, 0.25) is 0 Å². The molecule has 0 saturated carbocycles. The van der Waals surface area contributed by atoms with Crippen LogP contribution in [0, 0.1) is 11.3 Å². The minimum absolute atomic E-state index is 0.149. The molecule has 1 aliphatic heterocycles. The fraction of sp³-hybridized carbons (Fsp3) is 0.316. The topological polar surface area (TPSA) is 27.0 Å². The summed E-state index contributed by atoms with van der Waals surface area (Å²) in [5, 5.41) is 9.27. The predicted molar refractivity (Wildman–Crippen MR) is 86.1 cm³/mol. The third kappa shape index (κ3) is 2.92. The highest BCUT2D eigenvalue weighted by molar-refractivity contribution is 5.56. The zero-order valence-corrected chi connectivity index (χ0v) is 12.2. The summed E-state index contributed by atoms with van der Waals surface area (Å²) in [6.07, 6.45) is 4.07. The zero-order valence-electron chi connectivity index (χ0n) is 12.2. The van der Waals surface area contributed by atoms with E-state index in [1.807, 2.05) is 6.07 Å². The van der Waals surface area contributed by atoms with Crippen LogP contribution in [0.3, 0.4) is 0 Å². The van der Waals surface area contributed by atoms with Gasteiger partial charge >= 0.3 is 0 Å². The summed E-state index contributed by atoms with van der Waals surface area (Å²) in [6, 6.07) is 21.6. The molecule has 1 atom stereocenters. The van der Waals surface area contributed by atoms with Crippen molar-refractivity contribution in [2.45, 2.75) is 31.7 Å². The molecule has 0 aliphatic carbocycles. The van der Waals surface area contributed by atoms with Crippen LogP contribution in [0.25, 0.3) is 0 Å². The van der Waals surface area contributed by atoms with Crippen LogP contribution >= 0.6 is 0 Å². The molecule has 1 heterocycles. The van der Waals surface area contributed by atoms with Crippen LogP contribution in [0.5, 0.6) is 0 Å². The fourth-order valence-corrected chi connectivity index (χ4v) is 3.21. The van der Waals surface area contributed by atoms with Crippen LogP contribution in [0.4, 0.5) is 5.69 Å². The number of hydrogen-bond donors (Lipinski definition) is 0. The number of aryl methyl sites for hydroxylation is 1. The second-order valence-electron chi connectivity index (χ2n) is 5.57. The van der Waals surface area contributed by atoms with Crippen molar-refractivity contribution in [2.24, 2.45) is 0 Å². The molecule has 0 radical (unpaired) electrons. The van der Waals surface area contributed by atoms with E-state index in [0.717, 1.165) is 13.0 Å². The Morgan fingerprint density at radius 3 is 2.57 bits per heavy atom. The molecule has 21 heavy (non-hydrogen) atoms. The van der Waals surface area contributed by atoms with Crippen LogP contribution in [0.1, 0.15) is 36.4 Å². The van der Waals surface area contributed by atoms with Gasteiger partial charge < -0.3 is 4.90 Å². The molecule has 0 bridgehead atoms. The Bertz CT molecular complexity index is 628. The first-order valence-electron chi connectivity index (χ1n) is 7.66. The molecule has 2 aromatic carbocycles. The number of para-hydroxylation sites is 1. The summed E-state index contributed by atoms with van der Waals surface area (Å²) in [7, 11) is 0. The average molecular weight is 276 g/mol. The lowest BCUT2D eigenvalue weighted by Crippen LogP contribution is -2.29. The van der Waals surface area contributed by atoms with Gasteiger partial charge in [0, 0.05) is 12.2 Å². The number of benzene rings is 2. The molecule has 106 valence electrons. The molecule has 0 spiro atoms. The number of fused-ring (bicyclic) bond motifs is 1. The van der Waals surface area contributed by atoms with E-state index in [-0.39, 0.29) is 6.04 Å². The van der Waals surface area contributed by atoms with Crippen molar-refractivity contribution in [1.82, 2.24) is 0 Å². The lowest BCUT2D eigenvalue weighted by atomic mass is 10.0. The largest absolute Gasteiger partial charge is 0.363 e. The van der Waals surface area contributed by atoms with E-state index in [1.54, 1.807) is 0 Å². The molecule has 2 aromatic rings. The SMILES string of the molecule is N#CCC(c1ccccc1)N1CCCCc2ccccc21. The maximum absolute atomic E-state index is 9.27. The molecule has 3 rings (SSSR count). The Morgan fingerprint density at radius 2 is 1.76 bits per heavy atom. The van der Waals surface area contributed by atoms with Gasteiger partial charge in [0.05, 0.1) is 18.5 Å². The normalized spacial score (nSPS) is 15.7. The van der Waals surface area contributed by atoms with Crippen molar-refractivity contribution in [2.75, 3.05) is 11.4 Å². The van der Waals surface area contributed by atoms with Crippen molar-refractivity contribution in [3.8, 4) is 6.07 Å². The Balaban J connectivity index is 2.01. The molecular formula is C19H20N2. The summed E-state index contributed by atoms with van der Waals surface area (Å²) in [6.45, 7) is 1.03. The minimum Gasteiger partial charge on any atom is -0.363 e. The number of rotatable bonds is 3.